The molecule has 0 aromatic rings. The predicted octanol–water partition coefficient (Wildman–Crippen LogP) is 21.9. The van der Waals surface area contributed by atoms with Crippen LogP contribution in [0.1, 0.15) is 393 Å². The molecule has 1 aliphatic heterocycles. The summed E-state index contributed by atoms with van der Waals surface area (Å²) in [5.41, 5.74) is 0. The molecular formula is C79H149NO8. The molecule has 0 spiro atoms. The van der Waals surface area contributed by atoms with E-state index in [1.54, 1.807) is 0 Å². The van der Waals surface area contributed by atoms with Gasteiger partial charge in [-0.05, 0) is 51.4 Å². The monoisotopic (exact) mass is 1240 g/mol. The normalized spacial score (nSPS) is 18.1. The summed E-state index contributed by atoms with van der Waals surface area (Å²) in [6.07, 6.45) is 86.4. The highest BCUT2D eigenvalue weighted by atomic mass is 16.7. The van der Waals surface area contributed by atoms with Crippen molar-refractivity contribution in [3.63, 3.8) is 0 Å². The highest BCUT2D eigenvalue weighted by Gasteiger charge is 2.44. The lowest BCUT2D eigenvalue weighted by atomic mass is 9.99. The van der Waals surface area contributed by atoms with Crippen LogP contribution >= 0.6 is 0 Å². The molecule has 1 aliphatic rings. The molecule has 0 aromatic heterocycles. The lowest BCUT2D eigenvalue weighted by Crippen LogP contribution is -2.60. The summed E-state index contributed by atoms with van der Waals surface area (Å²) in [7, 11) is 0. The number of hydrogen-bond acceptors (Lipinski definition) is 8. The first-order valence-electron chi connectivity index (χ1n) is 38.8. The van der Waals surface area contributed by atoms with E-state index in [4.69, 9.17) is 9.47 Å². The average molecular weight is 1240 g/mol. The number of ether oxygens (including phenoxy) is 2. The van der Waals surface area contributed by atoms with Gasteiger partial charge in [0.2, 0.25) is 5.91 Å². The number of aliphatic hydroxyl groups excluding tert-OH is 5. The van der Waals surface area contributed by atoms with Crippen LogP contribution in [0.2, 0.25) is 0 Å². The van der Waals surface area contributed by atoms with Gasteiger partial charge in [0.25, 0.3) is 0 Å². The van der Waals surface area contributed by atoms with Crippen LogP contribution < -0.4 is 5.32 Å². The summed E-state index contributed by atoms with van der Waals surface area (Å²) in [4.78, 5) is 13.2. The van der Waals surface area contributed by atoms with Crippen LogP contribution in [0.4, 0.5) is 0 Å². The van der Waals surface area contributed by atoms with Crippen LogP contribution in [0.25, 0.3) is 0 Å². The Hall–Kier alpha value is -1.85. The van der Waals surface area contributed by atoms with Crippen LogP contribution in [-0.2, 0) is 14.3 Å². The van der Waals surface area contributed by atoms with Gasteiger partial charge in [0.05, 0.1) is 25.4 Å². The second-order valence-electron chi connectivity index (χ2n) is 27.1. The van der Waals surface area contributed by atoms with Gasteiger partial charge in [-0.1, -0.05) is 383 Å². The molecule has 1 amide bonds. The zero-order valence-electron chi connectivity index (χ0n) is 58.3. The summed E-state index contributed by atoms with van der Waals surface area (Å²) in [6.45, 7) is 3.79. The Balaban J connectivity index is 2.06. The second-order valence-corrected chi connectivity index (χ2v) is 27.1. The van der Waals surface area contributed by atoms with E-state index in [1.165, 1.54) is 302 Å². The van der Waals surface area contributed by atoms with E-state index in [9.17, 15) is 30.3 Å². The maximum atomic E-state index is 13.2. The van der Waals surface area contributed by atoms with E-state index < -0.39 is 49.5 Å². The number of amides is 1. The van der Waals surface area contributed by atoms with Crippen LogP contribution in [-0.4, -0.2) is 87.5 Å². The van der Waals surface area contributed by atoms with Crippen LogP contribution in [0.5, 0.6) is 0 Å². The molecular weight excluding hydrogens is 1090 g/mol. The number of allylic oxidation sites excluding steroid dienone is 8. The van der Waals surface area contributed by atoms with E-state index in [-0.39, 0.29) is 12.5 Å². The Morgan fingerprint density at radius 1 is 0.398 bits per heavy atom. The van der Waals surface area contributed by atoms with Crippen molar-refractivity contribution in [2.24, 2.45) is 0 Å². The Labute approximate surface area is 545 Å². The first-order chi connectivity index (χ1) is 43.3. The molecule has 88 heavy (non-hydrogen) atoms. The number of carbonyl (C=O) groups excluding carboxylic acids is 1. The van der Waals surface area contributed by atoms with Crippen molar-refractivity contribution in [1.82, 2.24) is 5.32 Å². The first-order valence-corrected chi connectivity index (χ1v) is 38.8. The molecule has 0 radical (unpaired) electrons. The van der Waals surface area contributed by atoms with Gasteiger partial charge < -0.3 is 40.3 Å². The van der Waals surface area contributed by atoms with E-state index >= 15 is 0 Å². The molecule has 7 atom stereocenters. The Kier molecular flexibility index (Phi) is 65.1. The Morgan fingerprint density at radius 2 is 0.705 bits per heavy atom. The Morgan fingerprint density at radius 3 is 1.05 bits per heavy atom. The van der Waals surface area contributed by atoms with Gasteiger partial charge in [0, 0.05) is 6.42 Å². The average Bonchev–Trinajstić information content (AvgIpc) is 3.65. The third kappa shape index (κ3) is 55.8. The van der Waals surface area contributed by atoms with Gasteiger partial charge in [-0.3, -0.25) is 4.79 Å². The van der Waals surface area contributed by atoms with Crippen molar-refractivity contribution in [2.75, 3.05) is 13.2 Å². The summed E-state index contributed by atoms with van der Waals surface area (Å²) in [5, 5.41) is 55.1. The van der Waals surface area contributed by atoms with Gasteiger partial charge in [-0.25, -0.2) is 0 Å². The predicted molar refractivity (Wildman–Crippen MR) is 378 cm³/mol. The van der Waals surface area contributed by atoms with Crippen molar-refractivity contribution in [2.45, 2.75) is 436 Å². The molecule has 1 fully saturated rings. The zero-order valence-corrected chi connectivity index (χ0v) is 58.3. The van der Waals surface area contributed by atoms with Crippen molar-refractivity contribution in [1.29, 1.82) is 0 Å². The van der Waals surface area contributed by atoms with Crippen LogP contribution in [0, 0.1) is 0 Å². The standard InChI is InChI=1S/C79H149NO8/c1-3-5-7-9-11-13-15-17-19-21-23-25-27-29-31-33-35-36-37-38-39-41-43-45-47-49-51-53-55-57-59-61-63-65-67-69-75(83)80-72(71-87-79-78(86)77(85)76(84)74(70-81)88-79)73(82)68-66-64-62-60-58-56-54-52-50-48-46-44-42-40-34-32-30-28-26-24-22-20-18-16-14-12-10-8-6-4-2/h5,7,11,13,17,19,23,25,72-74,76-79,81-82,84-86H,3-4,6,8-10,12,14-16,18,20-22,24,26-71H2,1-2H3,(H,80,83)/b7-5-,13-11-,19-17-,25-23-. The van der Waals surface area contributed by atoms with Gasteiger partial charge in [0.1, 0.15) is 24.4 Å². The van der Waals surface area contributed by atoms with Gasteiger partial charge in [-0.2, -0.15) is 0 Å². The zero-order chi connectivity index (χ0) is 63.5. The smallest absolute Gasteiger partial charge is 0.220 e. The minimum atomic E-state index is -1.55. The number of carbonyl (C=O) groups is 1. The number of aliphatic hydroxyl groups is 5. The molecule has 1 rings (SSSR count). The maximum absolute atomic E-state index is 13.2. The SMILES string of the molecule is CC/C=C\C/C=C\C/C=C\C/C=C\CCCCCCCCCCCCCCCCCCCCCCCCC(=O)NC(COC1OC(CO)C(O)C(O)C1O)C(O)CCCCCCCCCCCCCCCCCCCCCCCCCCCCCCCC. The van der Waals surface area contributed by atoms with Crippen LogP contribution in [0.15, 0.2) is 48.6 Å². The highest BCUT2D eigenvalue weighted by molar-refractivity contribution is 5.76. The minimum Gasteiger partial charge on any atom is -0.394 e. The third-order valence-electron chi connectivity index (χ3n) is 18.7. The minimum absolute atomic E-state index is 0.134. The van der Waals surface area contributed by atoms with Crippen LogP contribution in [0.3, 0.4) is 0 Å². The maximum Gasteiger partial charge on any atom is 0.220 e. The van der Waals surface area contributed by atoms with E-state index in [0.717, 1.165) is 64.2 Å². The van der Waals surface area contributed by atoms with Gasteiger partial charge >= 0.3 is 0 Å². The highest BCUT2D eigenvalue weighted by Crippen LogP contribution is 2.24. The molecule has 7 unspecified atom stereocenters. The molecule has 0 saturated carbocycles. The molecule has 0 bridgehead atoms. The molecule has 0 aliphatic carbocycles. The van der Waals surface area contributed by atoms with Crippen molar-refractivity contribution < 1.29 is 39.8 Å². The van der Waals surface area contributed by atoms with Gasteiger partial charge in [0.15, 0.2) is 6.29 Å². The topological polar surface area (TPSA) is 149 Å². The second kappa shape index (κ2) is 68.0. The molecule has 1 saturated heterocycles. The largest absolute Gasteiger partial charge is 0.394 e. The van der Waals surface area contributed by atoms with Crippen molar-refractivity contribution in [3.8, 4) is 0 Å². The lowest BCUT2D eigenvalue weighted by molar-refractivity contribution is -0.302. The molecule has 518 valence electrons. The number of hydrogen-bond donors (Lipinski definition) is 6. The van der Waals surface area contributed by atoms with Crippen molar-refractivity contribution >= 4 is 5.91 Å². The first kappa shape index (κ1) is 84.2. The quantitative estimate of drug-likeness (QED) is 0.0261. The number of nitrogens with one attached hydrogen (secondary N) is 1. The number of rotatable bonds is 69. The molecule has 9 heteroatoms. The van der Waals surface area contributed by atoms with E-state index in [2.05, 4.69) is 67.8 Å². The fourth-order valence-electron chi connectivity index (χ4n) is 12.7. The van der Waals surface area contributed by atoms with E-state index in [0.29, 0.717) is 12.8 Å². The lowest BCUT2D eigenvalue weighted by Gasteiger charge is -2.40. The summed E-state index contributed by atoms with van der Waals surface area (Å²) >= 11 is 0. The summed E-state index contributed by atoms with van der Waals surface area (Å²) < 4.78 is 11.4. The fourth-order valence-corrected chi connectivity index (χ4v) is 12.7. The molecule has 1 heterocycles. The molecule has 9 nitrogen and oxygen atoms in total. The van der Waals surface area contributed by atoms with Gasteiger partial charge in [-0.15, -0.1) is 0 Å². The summed E-state index contributed by atoms with van der Waals surface area (Å²) in [6, 6.07) is -0.720. The number of unbranched alkanes of at least 4 members (excludes halogenated alkanes) is 51. The molecule has 0 aromatic carbocycles. The van der Waals surface area contributed by atoms with Crippen molar-refractivity contribution in [3.05, 3.63) is 48.6 Å². The van der Waals surface area contributed by atoms with E-state index in [1.807, 2.05) is 0 Å². The molecule has 6 N–H and O–H groups in total. The Bertz CT molecular complexity index is 1530. The fraction of sp³-hybridized carbons (Fsp3) is 0.886. The summed E-state index contributed by atoms with van der Waals surface area (Å²) in [5.74, 6) is -0.136. The third-order valence-corrected chi connectivity index (χ3v) is 18.7.